The normalized spacial score (nSPS) is 10.6. The summed E-state index contributed by atoms with van der Waals surface area (Å²) in [7, 11) is 0. The number of carbonyl (C=O) groups excluding carboxylic acids is 2. The molecule has 1 N–H and O–H groups in total. The van der Waals surface area contributed by atoms with Crippen LogP contribution in [0.3, 0.4) is 0 Å². The number of aromatic carboxylic acids is 1. The lowest BCUT2D eigenvalue weighted by atomic mass is 10.1. The SMILES string of the molecule is CC(C)C(=O)Oc1cccc(C(=O)O)c1OC(=O)C(C)C. The maximum Gasteiger partial charge on any atom is 0.339 e. The second-order valence-corrected chi connectivity index (χ2v) is 5.09. The monoisotopic (exact) mass is 294 g/mol. The predicted molar refractivity (Wildman–Crippen MR) is 74.3 cm³/mol. The molecule has 1 aromatic carbocycles. The molecule has 0 aliphatic rings. The molecule has 0 heterocycles. The maximum atomic E-state index is 11.7. The Kier molecular flexibility index (Phi) is 5.46. The van der Waals surface area contributed by atoms with Gasteiger partial charge in [-0.2, -0.15) is 0 Å². The Labute approximate surface area is 122 Å². The summed E-state index contributed by atoms with van der Waals surface area (Å²) in [6.45, 7) is 6.52. The van der Waals surface area contributed by atoms with Gasteiger partial charge in [0.1, 0.15) is 5.56 Å². The van der Waals surface area contributed by atoms with Crippen molar-refractivity contribution >= 4 is 17.9 Å². The van der Waals surface area contributed by atoms with Crippen molar-refractivity contribution in [3.05, 3.63) is 23.8 Å². The first-order valence-corrected chi connectivity index (χ1v) is 6.53. The molecule has 21 heavy (non-hydrogen) atoms. The lowest BCUT2D eigenvalue weighted by Gasteiger charge is -2.14. The number of ether oxygens (including phenoxy) is 2. The number of carbonyl (C=O) groups is 3. The molecule has 0 saturated heterocycles. The van der Waals surface area contributed by atoms with E-state index in [2.05, 4.69) is 0 Å². The van der Waals surface area contributed by atoms with Gasteiger partial charge >= 0.3 is 17.9 Å². The van der Waals surface area contributed by atoms with Gasteiger partial charge in [-0.25, -0.2) is 4.79 Å². The second-order valence-electron chi connectivity index (χ2n) is 5.09. The highest BCUT2D eigenvalue weighted by Gasteiger charge is 2.23. The first-order chi connectivity index (χ1) is 9.73. The Morgan fingerprint density at radius 3 is 1.95 bits per heavy atom. The van der Waals surface area contributed by atoms with Crippen molar-refractivity contribution in [2.45, 2.75) is 27.7 Å². The number of rotatable bonds is 5. The fourth-order valence-corrected chi connectivity index (χ4v) is 1.31. The van der Waals surface area contributed by atoms with Gasteiger partial charge in [0, 0.05) is 0 Å². The van der Waals surface area contributed by atoms with Gasteiger partial charge in [-0.3, -0.25) is 9.59 Å². The van der Waals surface area contributed by atoms with Crippen molar-refractivity contribution in [2.75, 3.05) is 0 Å². The van der Waals surface area contributed by atoms with Crippen LogP contribution in [0.15, 0.2) is 18.2 Å². The van der Waals surface area contributed by atoms with Crippen LogP contribution in [0.2, 0.25) is 0 Å². The molecule has 0 spiro atoms. The highest BCUT2D eigenvalue weighted by atomic mass is 16.6. The standard InChI is InChI=1S/C15H18O6/c1-8(2)14(18)20-11-7-5-6-10(13(16)17)12(11)21-15(19)9(3)4/h5-9H,1-4H3,(H,16,17). The zero-order chi connectivity index (χ0) is 16.2. The Balaban J connectivity index is 3.23. The number of benzene rings is 1. The van der Waals surface area contributed by atoms with Crippen molar-refractivity contribution in [3.63, 3.8) is 0 Å². The van der Waals surface area contributed by atoms with E-state index in [1.165, 1.54) is 18.2 Å². The van der Waals surface area contributed by atoms with Crippen LogP contribution in [0.25, 0.3) is 0 Å². The molecule has 6 nitrogen and oxygen atoms in total. The van der Waals surface area contributed by atoms with Crippen LogP contribution < -0.4 is 9.47 Å². The van der Waals surface area contributed by atoms with Gasteiger partial charge in [0.05, 0.1) is 11.8 Å². The molecule has 114 valence electrons. The molecule has 0 amide bonds. The van der Waals surface area contributed by atoms with E-state index in [0.29, 0.717) is 0 Å². The lowest BCUT2D eigenvalue weighted by Crippen LogP contribution is -2.20. The molecule has 0 saturated carbocycles. The first-order valence-electron chi connectivity index (χ1n) is 6.53. The topological polar surface area (TPSA) is 89.9 Å². The molecule has 0 atom stereocenters. The summed E-state index contributed by atoms with van der Waals surface area (Å²) < 4.78 is 10.2. The summed E-state index contributed by atoms with van der Waals surface area (Å²) >= 11 is 0. The molecule has 6 heteroatoms. The Bertz CT molecular complexity index is 559. The molecular formula is C15H18O6. The zero-order valence-corrected chi connectivity index (χ0v) is 12.4. The Morgan fingerprint density at radius 1 is 0.952 bits per heavy atom. The molecule has 0 bridgehead atoms. The minimum absolute atomic E-state index is 0.0809. The van der Waals surface area contributed by atoms with E-state index in [0.717, 1.165) is 0 Å². The van der Waals surface area contributed by atoms with Crippen LogP contribution >= 0.6 is 0 Å². The van der Waals surface area contributed by atoms with Crippen molar-refractivity contribution in [1.29, 1.82) is 0 Å². The number of para-hydroxylation sites is 1. The van der Waals surface area contributed by atoms with E-state index >= 15 is 0 Å². The van der Waals surface area contributed by atoms with Crippen molar-refractivity contribution in [1.82, 2.24) is 0 Å². The van der Waals surface area contributed by atoms with Crippen molar-refractivity contribution in [3.8, 4) is 11.5 Å². The van der Waals surface area contributed by atoms with Crippen molar-refractivity contribution in [2.24, 2.45) is 11.8 Å². The third-order valence-electron chi connectivity index (χ3n) is 2.57. The highest BCUT2D eigenvalue weighted by molar-refractivity contribution is 5.94. The summed E-state index contributed by atoms with van der Waals surface area (Å²) in [5.41, 5.74) is -0.238. The van der Waals surface area contributed by atoms with E-state index in [9.17, 15) is 14.4 Å². The summed E-state index contributed by atoms with van der Waals surface area (Å²) in [6.07, 6.45) is 0. The number of carboxylic acids is 1. The third kappa shape index (κ3) is 4.30. The minimum atomic E-state index is -1.27. The fourth-order valence-electron chi connectivity index (χ4n) is 1.31. The summed E-state index contributed by atoms with van der Waals surface area (Å²) in [4.78, 5) is 34.6. The summed E-state index contributed by atoms with van der Waals surface area (Å²) in [5, 5.41) is 9.15. The van der Waals surface area contributed by atoms with Gasteiger partial charge in [-0.1, -0.05) is 33.8 Å². The van der Waals surface area contributed by atoms with Crippen LogP contribution in [-0.2, 0) is 9.59 Å². The van der Waals surface area contributed by atoms with E-state index in [1.54, 1.807) is 27.7 Å². The predicted octanol–water partition coefficient (Wildman–Crippen LogP) is 2.51. The minimum Gasteiger partial charge on any atom is -0.478 e. The number of hydrogen-bond donors (Lipinski definition) is 1. The van der Waals surface area contributed by atoms with Gasteiger partial charge in [0.2, 0.25) is 0 Å². The summed E-state index contributed by atoms with van der Waals surface area (Å²) in [6, 6.07) is 4.08. The smallest absolute Gasteiger partial charge is 0.339 e. The first kappa shape index (κ1) is 16.7. The van der Waals surface area contributed by atoms with Gasteiger partial charge in [0.25, 0.3) is 0 Å². The van der Waals surface area contributed by atoms with E-state index in [1.807, 2.05) is 0 Å². The van der Waals surface area contributed by atoms with Crippen LogP contribution in [0.4, 0.5) is 0 Å². The molecule has 1 aromatic rings. The molecule has 0 aromatic heterocycles. The van der Waals surface area contributed by atoms with Gasteiger partial charge < -0.3 is 14.6 Å². The number of esters is 2. The van der Waals surface area contributed by atoms with Gasteiger partial charge in [0.15, 0.2) is 11.5 Å². The van der Waals surface area contributed by atoms with Crippen molar-refractivity contribution < 1.29 is 29.0 Å². The molecule has 0 aliphatic carbocycles. The molecule has 0 fully saturated rings. The number of carboxylic acid groups (broad SMARTS) is 1. The average molecular weight is 294 g/mol. The Hall–Kier alpha value is -2.37. The second kappa shape index (κ2) is 6.88. The van der Waals surface area contributed by atoms with Crippen LogP contribution in [-0.4, -0.2) is 23.0 Å². The quantitative estimate of drug-likeness (QED) is 0.663. The Morgan fingerprint density at radius 2 is 1.48 bits per heavy atom. The molecule has 1 rings (SSSR count). The van der Waals surface area contributed by atoms with Crippen LogP contribution in [0.1, 0.15) is 38.1 Å². The van der Waals surface area contributed by atoms with E-state index in [-0.39, 0.29) is 17.1 Å². The number of hydrogen-bond acceptors (Lipinski definition) is 5. The average Bonchev–Trinajstić information content (AvgIpc) is 2.39. The van der Waals surface area contributed by atoms with E-state index in [4.69, 9.17) is 14.6 Å². The molecule has 0 unspecified atom stereocenters. The van der Waals surface area contributed by atoms with Gasteiger partial charge in [-0.05, 0) is 12.1 Å². The van der Waals surface area contributed by atoms with Gasteiger partial charge in [-0.15, -0.1) is 0 Å². The largest absolute Gasteiger partial charge is 0.478 e. The van der Waals surface area contributed by atoms with Crippen LogP contribution in [0.5, 0.6) is 11.5 Å². The lowest BCUT2D eigenvalue weighted by molar-refractivity contribution is -0.140. The molecule has 0 radical (unpaired) electrons. The van der Waals surface area contributed by atoms with Crippen LogP contribution in [0, 0.1) is 11.8 Å². The third-order valence-corrected chi connectivity index (χ3v) is 2.57. The summed E-state index contributed by atoms with van der Waals surface area (Å²) in [5.74, 6) is -3.60. The highest BCUT2D eigenvalue weighted by Crippen LogP contribution is 2.32. The molecular weight excluding hydrogens is 276 g/mol. The molecule has 0 aliphatic heterocycles. The maximum absolute atomic E-state index is 11.7. The van der Waals surface area contributed by atoms with E-state index < -0.39 is 29.7 Å². The fraction of sp³-hybridized carbons (Fsp3) is 0.400. The zero-order valence-electron chi connectivity index (χ0n) is 12.4.